The van der Waals surface area contributed by atoms with Crippen LogP contribution in [-0.4, -0.2) is 85.8 Å². The molecule has 6 N–H and O–H groups in total. The Kier molecular flexibility index (Phi) is 18.0. The third-order valence-corrected chi connectivity index (χ3v) is 12.0. The Morgan fingerprint density at radius 2 is 0.864 bits per heavy atom. The van der Waals surface area contributed by atoms with Crippen LogP contribution in [0.5, 0.6) is 0 Å². The van der Waals surface area contributed by atoms with E-state index in [4.69, 9.17) is 0 Å². The van der Waals surface area contributed by atoms with Crippen LogP contribution in [0.4, 0.5) is 11.4 Å². The number of anilines is 2. The summed E-state index contributed by atoms with van der Waals surface area (Å²) < 4.78 is 0. The van der Waals surface area contributed by atoms with Crippen LogP contribution in [0.3, 0.4) is 0 Å². The summed E-state index contributed by atoms with van der Waals surface area (Å²) in [6.07, 6.45) is 0.191. The molecule has 2 heterocycles. The van der Waals surface area contributed by atoms with Crippen LogP contribution in [0.25, 0.3) is 0 Å². The van der Waals surface area contributed by atoms with E-state index in [-0.39, 0.29) is 49.6 Å². The highest BCUT2D eigenvalue weighted by Crippen LogP contribution is 2.35. The van der Waals surface area contributed by atoms with Crippen molar-refractivity contribution in [1.29, 1.82) is 0 Å². The third kappa shape index (κ3) is 12.0. The minimum Gasteiger partial charge on any atom is -0.348 e. The summed E-state index contributed by atoms with van der Waals surface area (Å²) in [5.74, 6) is 3.37. The smallest absolute Gasteiger partial charge is 0.251 e. The lowest BCUT2D eigenvalue weighted by molar-refractivity contribution is -0.130. The molecular weight excluding hydrogens is 833 g/mol. The Bertz CT molecular complexity index is 2240. The average Bonchev–Trinajstić information content (AvgIpc) is 3.94. The van der Waals surface area contributed by atoms with Gasteiger partial charge in [0.1, 0.15) is 24.2 Å². The first-order valence-corrected chi connectivity index (χ1v) is 22.3. The number of hydrogen-bond acceptors (Lipinski definition) is 8. The molecule has 66 heavy (non-hydrogen) atoms. The summed E-state index contributed by atoms with van der Waals surface area (Å²) in [6.45, 7) is 13.1. The van der Waals surface area contributed by atoms with Crippen molar-refractivity contribution in [1.82, 2.24) is 31.9 Å². The van der Waals surface area contributed by atoms with Gasteiger partial charge in [-0.1, -0.05) is 97.1 Å². The summed E-state index contributed by atoms with van der Waals surface area (Å²) in [5, 5.41) is 17.6. The molecule has 6 unspecified atom stereocenters. The average molecular weight is 895 g/mol. The van der Waals surface area contributed by atoms with Gasteiger partial charge in [0, 0.05) is 37.1 Å². The normalized spacial score (nSPS) is 17.3. The molecule has 4 aromatic rings. The molecule has 14 nitrogen and oxygen atoms in total. The summed E-state index contributed by atoms with van der Waals surface area (Å²) >= 11 is 0. The monoisotopic (exact) mass is 894 g/mol. The summed E-state index contributed by atoms with van der Waals surface area (Å²) in [7, 11) is 3.26. The van der Waals surface area contributed by atoms with Crippen molar-refractivity contribution in [3.63, 3.8) is 0 Å². The number of nitrogens with one attached hydrogen (secondary N) is 6. The second-order valence-corrected chi connectivity index (χ2v) is 16.3. The van der Waals surface area contributed by atoms with Gasteiger partial charge in [0.05, 0.1) is 24.2 Å². The molecule has 2 aliphatic heterocycles. The van der Waals surface area contributed by atoms with Gasteiger partial charge in [-0.15, -0.1) is 25.0 Å². The molecule has 346 valence electrons. The van der Waals surface area contributed by atoms with E-state index >= 15 is 0 Å². The fourth-order valence-corrected chi connectivity index (χ4v) is 7.95. The standard InChI is InChI=1S/C50H58N8O6.C2H4/c1-31(35-19-9-7-10-20-35)53-47(61)43-29-37-23-13-17-27-41(37)57(43)49(63)39(55-45(59)33(3)51-5)25-15-16-26-40(56-46(60)34(4)52-6)50(64)58-42-28-18-14-24-38(42)30-44(58)48(62)54-32(2)36-21-11-8-12-22-36;1-2/h7-14,17-24,27-28,31-34,39-40,43-44,51-52H,25-26,29-30H2,1-6H3,(H,53,61)(H,54,62)(H,55,59)(H,56,60);1-2H2/t31?,32?,33-,34-,39?,40?,43?,44?;/m0./s1. The molecule has 0 saturated heterocycles. The van der Waals surface area contributed by atoms with Gasteiger partial charge in [-0.25, -0.2) is 0 Å². The van der Waals surface area contributed by atoms with Crippen molar-refractivity contribution < 1.29 is 28.8 Å². The highest BCUT2D eigenvalue weighted by atomic mass is 16.2. The number of para-hydroxylation sites is 2. The van der Waals surface area contributed by atoms with E-state index in [9.17, 15) is 28.8 Å². The number of amides is 6. The first-order valence-electron chi connectivity index (χ1n) is 22.3. The molecule has 0 bridgehead atoms. The van der Waals surface area contributed by atoms with Crippen molar-refractivity contribution in [2.75, 3.05) is 23.9 Å². The van der Waals surface area contributed by atoms with Crippen LogP contribution >= 0.6 is 0 Å². The van der Waals surface area contributed by atoms with Gasteiger partial charge in [-0.2, -0.15) is 0 Å². The second-order valence-electron chi connectivity index (χ2n) is 16.3. The maximum absolute atomic E-state index is 14.8. The van der Waals surface area contributed by atoms with Gasteiger partial charge in [-0.3, -0.25) is 38.6 Å². The third-order valence-electron chi connectivity index (χ3n) is 12.0. The van der Waals surface area contributed by atoms with Gasteiger partial charge in [0.2, 0.25) is 23.6 Å². The van der Waals surface area contributed by atoms with Crippen molar-refractivity contribution in [2.45, 2.75) is 102 Å². The number of carbonyl (C=O) groups excluding carboxylic acids is 6. The van der Waals surface area contributed by atoms with E-state index in [1.54, 1.807) is 52.2 Å². The number of rotatable bonds is 16. The zero-order valence-corrected chi connectivity index (χ0v) is 38.6. The molecule has 6 rings (SSSR count). The molecular formula is C52H62N8O6. The van der Waals surface area contributed by atoms with E-state index in [0.29, 0.717) is 11.4 Å². The topological polar surface area (TPSA) is 181 Å². The van der Waals surface area contributed by atoms with Crippen molar-refractivity contribution in [3.8, 4) is 11.8 Å². The van der Waals surface area contributed by atoms with Crippen LogP contribution in [0.1, 0.15) is 74.9 Å². The number of likely N-dealkylation sites (N-methyl/N-ethyl adjacent to an activating group) is 2. The fraction of sp³-hybridized carbons (Fsp3) is 0.346. The number of fused-ring (bicyclic) bond motifs is 2. The van der Waals surface area contributed by atoms with E-state index < -0.39 is 59.9 Å². The SMILES string of the molecule is C=C.CN[C@@H](C)C(=O)NC(CC#CCC(NC(=O)[C@H](C)NC)C(=O)N1c2ccccc2CC1C(=O)NC(C)c1ccccc1)C(=O)N1c2ccccc2CC1C(=O)NC(C)c1ccccc1. The molecule has 0 saturated carbocycles. The second kappa shape index (κ2) is 23.7. The van der Waals surface area contributed by atoms with Gasteiger partial charge in [0.15, 0.2) is 0 Å². The molecule has 0 fully saturated rings. The highest BCUT2D eigenvalue weighted by Gasteiger charge is 2.43. The first-order chi connectivity index (χ1) is 31.8. The predicted molar refractivity (Wildman–Crippen MR) is 258 cm³/mol. The van der Waals surface area contributed by atoms with E-state index in [2.05, 4.69) is 56.9 Å². The lowest BCUT2D eigenvalue weighted by atomic mass is 10.1. The molecule has 6 amide bonds. The Morgan fingerprint density at radius 3 is 1.21 bits per heavy atom. The van der Waals surface area contributed by atoms with Gasteiger partial charge >= 0.3 is 0 Å². The fourth-order valence-electron chi connectivity index (χ4n) is 7.95. The zero-order chi connectivity index (χ0) is 47.9. The maximum atomic E-state index is 14.8. The van der Waals surface area contributed by atoms with Crippen molar-refractivity contribution in [2.24, 2.45) is 0 Å². The van der Waals surface area contributed by atoms with Crippen molar-refractivity contribution in [3.05, 3.63) is 145 Å². The molecule has 2 aliphatic rings. The first kappa shape index (κ1) is 49.9. The van der Waals surface area contributed by atoms with E-state index in [1.165, 1.54) is 9.80 Å². The number of nitrogens with zero attached hydrogens (tertiary/aromatic N) is 2. The van der Waals surface area contributed by atoms with Crippen LogP contribution < -0.4 is 41.7 Å². The number of carbonyl (C=O) groups is 6. The summed E-state index contributed by atoms with van der Waals surface area (Å²) in [5.41, 5.74) is 4.54. The lowest BCUT2D eigenvalue weighted by Crippen LogP contribution is -2.57. The molecule has 14 heteroatoms. The van der Waals surface area contributed by atoms with Crippen LogP contribution in [-0.2, 0) is 41.6 Å². The number of benzene rings is 4. The van der Waals surface area contributed by atoms with E-state index in [0.717, 1.165) is 22.3 Å². The minimum absolute atomic E-state index is 0.175. The summed E-state index contributed by atoms with van der Waals surface area (Å²) in [4.78, 5) is 87.2. The van der Waals surface area contributed by atoms with Gasteiger partial charge in [0.25, 0.3) is 11.8 Å². The summed E-state index contributed by atoms with van der Waals surface area (Å²) in [6, 6.07) is 27.4. The van der Waals surface area contributed by atoms with Crippen LogP contribution in [0, 0.1) is 11.8 Å². The molecule has 8 atom stereocenters. The number of hydrogen-bond donors (Lipinski definition) is 6. The molecule has 0 spiro atoms. The maximum Gasteiger partial charge on any atom is 0.251 e. The van der Waals surface area contributed by atoms with Crippen LogP contribution in [0.2, 0.25) is 0 Å². The van der Waals surface area contributed by atoms with Crippen molar-refractivity contribution >= 4 is 46.8 Å². The zero-order valence-electron chi connectivity index (χ0n) is 38.6. The predicted octanol–water partition coefficient (Wildman–Crippen LogP) is 4.43. The molecule has 0 aliphatic carbocycles. The minimum atomic E-state index is -1.19. The molecule has 0 aromatic heterocycles. The van der Waals surface area contributed by atoms with Gasteiger partial charge in [-0.05, 0) is 76.2 Å². The molecule has 0 radical (unpaired) electrons. The Labute approximate surface area is 388 Å². The highest BCUT2D eigenvalue weighted by molar-refractivity contribution is 6.08. The Morgan fingerprint density at radius 1 is 0.530 bits per heavy atom. The Balaban J connectivity index is 0.00000403. The van der Waals surface area contributed by atoms with Gasteiger partial charge < -0.3 is 31.9 Å². The lowest BCUT2D eigenvalue weighted by Gasteiger charge is -2.30. The van der Waals surface area contributed by atoms with E-state index in [1.807, 2.05) is 98.8 Å². The quantitative estimate of drug-likeness (QED) is 0.0707. The largest absolute Gasteiger partial charge is 0.348 e. The van der Waals surface area contributed by atoms with Crippen LogP contribution in [0.15, 0.2) is 122 Å². The molecule has 4 aromatic carbocycles. The Hall–Kier alpha value is -7.08.